The number of aromatic nitrogens is 2. The highest BCUT2D eigenvalue weighted by molar-refractivity contribution is 6.07. The molecule has 1 amide bonds. The van der Waals surface area contributed by atoms with Crippen LogP contribution in [-0.4, -0.2) is 40.1 Å². The largest absolute Gasteiger partial charge is 0.338 e. The van der Waals surface area contributed by atoms with Crippen LogP contribution in [0, 0.1) is 19.8 Å². The van der Waals surface area contributed by atoms with E-state index < -0.39 is 0 Å². The van der Waals surface area contributed by atoms with Crippen LogP contribution in [0.4, 0.5) is 0 Å². The van der Waals surface area contributed by atoms with Crippen molar-refractivity contribution in [2.45, 2.75) is 39.7 Å². The van der Waals surface area contributed by atoms with Gasteiger partial charge in [0.25, 0.3) is 11.6 Å². The maximum Gasteiger partial charge on any atom is 0.259 e. The Labute approximate surface area is 164 Å². The van der Waals surface area contributed by atoms with Gasteiger partial charge in [-0.2, -0.15) is 0 Å². The van der Waals surface area contributed by atoms with Crippen LogP contribution in [0.15, 0.2) is 34.9 Å². The highest BCUT2D eigenvalue weighted by Gasteiger charge is 2.29. The number of aryl methyl sites for hydroxylation is 2. The third kappa shape index (κ3) is 3.40. The molecule has 1 aliphatic rings. The number of nitrogens with zero attached hydrogens (tertiary/aromatic N) is 3. The van der Waals surface area contributed by atoms with Crippen LogP contribution in [0.1, 0.15) is 41.4 Å². The van der Waals surface area contributed by atoms with E-state index in [1.54, 1.807) is 0 Å². The number of benzene rings is 1. The molecular weight excluding hydrogens is 352 g/mol. The Morgan fingerprint density at radius 1 is 1.29 bits per heavy atom. The van der Waals surface area contributed by atoms with Gasteiger partial charge < -0.3 is 15.2 Å². The van der Waals surface area contributed by atoms with Crippen LogP contribution < -0.4 is 5.73 Å². The van der Waals surface area contributed by atoms with Crippen LogP contribution in [0.2, 0.25) is 0 Å². The summed E-state index contributed by atoms with van der Waals surface area (Å²) < 4.78 is 5.42. The summed E-state index contributed by atoms with van der Waals surface area (Å²) in [4.78, 5) is 20.0. The van der Waals surface area contributed by atoms with Crippen LogP contribution in [0.5, 0.6) is 0 Å². The Morgan fingerprint density at radius 3 is 2.75 bits per heavy atom. The first-order valence-electron chi connectivity index (χ1n) is 9.83. The van der Waals surface area contributed by atoms with Crippen LogP contribution in [-0.2, 0) is 0 Å². The molecule has 2 aromatic heterocycles. The second-order valence-electron chi connectivity index (χ2n) is 7.88. The molecule has 3 heterocycles. The van der Waals surface area contributed by atoms with Gasteiger partial charge in [0, 0.05) is 24.7 Å². The minimum atomic E-state index is -0.00240. The quantitative estimate of drug-likeness (QED) is 0.751. The van der Waals surface area contributed by atoms with E-state index in [0.29, 0.717) is 40.5 Å². The maximum absolute atomic E-state index is 13.5. The standard InChI is InChI=1S/C22H26N4O2/c1-13-6-8-16(9-7-13)19-11-18(20-15(3)25-28-21(20)24-19)22(27)26-10-4-5-17(12-26)14(2)23/h6-9,11,14,17H,4-5,10,12,23H2,1-3H3. The molecule has 28 heavy (non-hydrogen) atoms. The fourth-order valence-electron chi connectivity index (χ4n) is 3.93. The van der Waals surface area contributed by atoms with Crippen molar-refractivity contribution in [1.29, 1.82) is 0 Å². The topological polar surface area (TPSA) is 85.2 Å². The minimum absolute atomic E-state index is 0.00240. The van der Waals surface area contributed by atoms with E-state index in [-0.39, 0.29) is 11.9 Å². The summed E-state index contributed by atoms with van der Waals surface area (Å²) in [5.74, 6) is 0.326. The van der Waals surface area contributed by atoms with E-state index in [1.807, 2.05) is 56.0 Å². The van der Waals surface area contributed by atoms with E-state index in [1.165, 1.54) is 5.56 Å². The second kappa shape index (κ2) is 7.36. The summed E-state index contributed by atoms with van der Waals surface area (Å²) in [7, 11) is 0. The van der Waals surface area contributed by atoms with Gasteiger partial charge >= 0.3 is 0 Å². The molecule has 0 radical (unpaired) electrons. The number of hydrogen-bond acceptors (Lipinski definition) is 5. The molecule has 2 unspecified atom stereocenters. The summed E-state index contributed by atoms with van der Waals surface area (Å²) in [5, 5.41) is 4.75. The average molecular weight is 378 g/mol. The summed E-state index contributed by atoms with van der Waals surface area (Å²) >= 11 is 0. The molecule has 4 rings (SSSR count). The van der Waals surface area contributed by atoms with E-state index in [0.717, 1.165) is 24.9 Å². The molecule has 1 aliphatic heterocycles. The number of nitrogens with two attached hydrogens (primary N) is 1. The number of hydrogen-bond donors (Lipinski definition) is 1. The number of carbonyl (C=O) groups excluding carboxylic acids is 1. The van der Waals surface area contributed by atoms with Gasteiger partial charge in [-0.3, -0.25) is 4.79 Å². The lowest BCUT2D eigenvalue weighted by Gasteiger charge is -2.34. The van der Waals surface area contributed by atoms with Crippen molar-refractivity contribution in [2.24, 2.45) is 11.7 Å². The molecule has 0 saturated carbocycles. The minimum Gasteiger partial charge on any atom is -0.338 e. The molecule has 0 aliphatic carbocycles. The lowest BCUT2D eigenvalue weighted by Crippen LogP contribution is -2.45. The third-order valence-electron chi connectivity index (χ3n) is 5.68. The van der Waals surface area contributed by atoms with Crippen molar-refractivity contribution in [3.63, 3.8) is 0 Å². The zero-order chi connectivity index (χ0) is 19.8. The van der Waals surface area contributed by atoms with E-state index in [4.69, 9.17) is 10.3 Å². The number of carbonyl (C=O) groups is 1. The van der Waals surface area contributed by atoms with E-state index in [2.05, 4.69) is 10.1 Å². The molecule has 1 fully saturated rings. The molecule has 3 aromatic rings. The second-order valence-corrected chi connectivity index (χ2v) is 7.88. The number of likely N-dealkylation sites (tertiary alicyclic amines) is 1. The molecule has 1 saturated heterocycles. The van der Waals surface area contributed by atoms with E-state index in [9.17, 15) is 4.79 Å². The molecule has 2 atom stereocenters. The van der Waals surface area contributed by atoms with Gasteiger partial charge in [-0.05, 0) is 45.6 Å². The molecule has 6 heteroatoms. The van der Waals surface area contributed by atoms with E-state index >= 15 is 0 Å². The number of pyridine rings is 1. The molecule has 2 N–H and O–H groups in total. The predicted octanol–water partition coefficient (Wildman–Crippen LogP) is 3.71. The Hall–Kier alpha value is -2.73. The summed E-state index contributed by atoms with van der Waals surface area (Å²) in [6.45, 7) is 7.33. The smallest absolute Gasteiger partial charge is 0.259 e. The van der Waals surface area contributed by atoms with Crippen molar-refractivity contribution in [3.8, 4) is 11.3 Å². The van der Waals surface area contributed by atoms with Gasteiger partial charge in [0.2, 0.25) is 0 Å². The Bertz CT molecular complexity index is 1010. The zero-order valence-corrected chi connectivity index (χ0v) is 16.6. The predicted molar refractivity (Wildman–Crippen MR) is 109 cm³/mol. The highest BCUT2D eigenvalue weighted by atomic mass is 16.5. The first kappa shape index (κ1) is 18.6. The normalized spacial score (nSPS) is 18.4. The van der Waals surface area contributed by atoms with Crippen molar-refractivity contribution in [2.75, 3.05) is 13.1 Å². The lowest BCUT2D eigenvalue weighted by molar-refractivity contribution is 0.0663. The van der Waals surface area contributed by atoms with Gasteiger partial charge in [0.05, 0.1) is 22.3 Å². The van der Waals surface area contributed by atoms with Gasteiger partial charge in [-0.25, -0.2) is 4.98 Å². The summed E-state index contributed by atoms with van der Waals surface area (Å²) in [6.07, 6.45) is 2.04. The molecule has 0 bridgehead atoms. The fourth-order valence-corrected chi connectivity index (χ4v) is 3.93. The Kier molecular flexibility index (Phi) is 4.89. The summed E-state index contributed by atoms with van der Waals surface area (Å²) in [5.41, 5.74) is 10.6. The number of piperidine rings is 1. The van der Waals surface area contributed by atoms with Crippen molar-refractivity contribution < 1.29 is 9.32 Å². The van der Waals surface area contributed by atoms with Crippen LogP contribution in [0.25, 0.3) is 22.4 Å². The van der Waals surface area contributed by atoms with Crippen molar-refractivity contribution in [1.82, 2.24) is 15.0 Å². The molecule has 146 valence electrons. The number of rotatable bonds is 3. The van der Waals surface area contributed by atoms with Crippen LogP contribution >= 0.6 is 0 Å². The molecule has 1 aromatic carbocycles. The van der Waals surface area contributed by atoms with Crippen molar-refractivity contribution >= 4 is 17.0 Å². The number of fused-ring (bicyclic) bond motifs is 1. The third-order valence-corrected chi connectivity index (χ3v) is 5.68. The Balaban J connectivity index is 1.77. The Morgan fingerprint density at radius 2 is 2.04 bits per heavy atom. The van der Waals surface area contributed by atoms with Gasteiger partial charge in [-0.15, -0.1) is 0 Å². The van der Waals surface area contributed by atoms with Crippen LogP contribution in [0.3, 0.4) is 0 Å². The molecular formula is C22H26N4O2. The van der Waals surface area contributed by atoms with Gasteiger partial charge in [0.1, 0.15) is 0 Å². The molecule has 6 nitrogen and oxygen atoms in total. The van der Waals surface area contributed by atoms with Gasteiger partial charge in [-0.1, -0.05) is 35.0 Å². The number of amides is 1. The SMILES string of the molecule is Cc1ccc(-c2cc(C(=O)N3CCCC(C(C)N)C3)c3c(C)noc3n2)cc1. The highest BCUT2D eigenvalue weighted by Crippen LogP contribution is 2.29. The zero-order valence-electron chi connectivity index (χ0n) is 16.6. The van der Waals surface area contributed by atoms with Crippen molar-refractivity contribution in [3.05, 3.63) is 47.2 Å². The first-order chi connectivity index (χ1) is 13.4. The monoisotopic (exact) mass is 378 g/mol. The fraction of sp³-hybridized carbons (Fsp3) is 0.409. The summed E-state index contributed by atoms with van der Waals surface area (Å²) in [6, 6.07) is 10.0. The van der Waals surface area contributed by atoms with Gasteiger partial charge in [0.15, 0.2) is 0 Å². The maximum atomic E-state index is 13.5. The average Bonchev–Trinajstić information content (AvgIpc) is 3.08. The lowest BCUT2D eigenvalue weighted by atomic mass is 9.91. The first-order valence-corrected chi connectivity index (χ1v) is 9.83. The molecule has 0 spiro atoms.